The van der Waals surface area contributed by atoms with Crippen LogP contribution in [0.5, 0.6) is 11.5 Å². The van der Waals surface area contributed by atoms with Crippen LogP contribution in [0, 0.1) is 23.7 Å². The van der Waals surface area contributed by atoms with E-state index in [0.717, 1.165) is 4.90 Å². The predicted octanol–water partition coefficient (Wildman–Crippen LogP) is 6.90. The van der Waals surface area contributed by atoms with Gasteiger partial charge >= 0.3 is 12.4 Å². The van der Waals surface area contributed by atoms with Gasteiger partial charge in [-0.15, -0.1) is 23.2 Å². The van der Waals surface area contributed by atoms with Gasteiger partial charge in [-0.2, -0.15) is 26.3 Å². The van der Waals surface area contributed by atoms with E-state index in [1.807, 2.05) is 0 Å². The first-order valence-corrected chi connectivity index (χ1v) is 16.4. The van der Waals surface area contributed by atoms with E-state index in [4.69, 9.17) is 27.9 Å². The molecule has 17 heteroatoms. The van der Waals surface area contributed by atoms with Crippen molar-refractivity contribution < 1.29 is 55.4 Å². The van der Waals surface area contributed by atoms with Crippen LogP contribution in [0.25, 0.3) is 6.08 Å². The molecule has 2 aliphatic heterocycles. The highest BCUT2D eigenvalue weighted by atomic mass is 79.9. The number of hydrogen-bond acceptors (Lipinski definition) is 6. The molecule has 2 aromatic carbocycles. The number of aromatic hydroxyl groups is 1. The fourth-order valence-electron chi connectivity index (χ4n) is 7.33. The normalized spacial score (nSPS) is 30.1. The number of anilines is 1. The van der Waals surface area contributed by atoms with E-state index in [9.17, 15) is 50.6 Å². The second kappa shape index (κ2) is 11.8. The van der Waals surface area contributed by atoms with E-state index in [-0.39, 0.29) is 29.4 Å². The lowest BCUT2D eigenvalue weighted by atomic mass is 9.57. The fourth-order valence-corrected chi connectivity index (χ4v) is 8.71. The molecular weight excluding hydrogens is 773 g/mol. The number of allylic oxidation sites excluding steroid dienone is 3. The fraction of sp³-hybridized carbons (Fsp3) is 0.375. The van der Waals surface area contributed by atoms with Crippen LogP contribution in [0.3, 0.4) is 0 Å². The van der Waals surface area contributed by atoms with Crippen molar-refractivity contribution in [3.05, 3.63) is 70.8 Å². The standard InChI is InChI=1S/C32H23BrCl2F6N2O6/c1-49-23-8-14(3-7-22(23)44)2-6-21-18-4-5-19-24(20(18)12-29(34)27(47)42(13-33)28(48)30(21,29)35)26(46)43(25(19)45)17-10-15(31(36,37)38)9-16(11-17)32(39,40)41/h2-4,6-11,19-21,24,44H,5,12-13H2,1H3. The molecular formula is C32H23BrCl2F6N2O6. The van der Waals surface area contributed by atoms with Crippen molar-refractivity contribution in [1.82, 2.24) is 4.90 Å². The van der Waals surface area contributed by atoms with Gasteiger partial charge in [0, 0.05) is 5.92 Å². The summed E-state index contributed by atoms with van der Waals surface area (Å²) < 4.78 is 87.2. The van der Waals surface area contributed by atoms with Crippen molar-refractivity contribution in [2.45, 2.75) is 34.9 Å². The number of rotatable bonds is 5. The van der Waals surface area contributed by atoms with Crippen LogP contribution in [0.1, 0.15) is 29.5 Å². The second-order valence-corrected chi connectivity index (χ2v) is 13.8. The van der Waals surface area contributed by atoms with Gasteiger partial charge < -0.3 is 9.84 Å². The molecule has 0 spiro atoms. The number of halogens is 9. The number of imide groups is 2. The first-order valence-electron chi connectivity index (χ1n) is 14.5. The van der Waals surface area contributed by atoms with Gasteiger partial charge in [-0.3, -0.25) is 24.1 Å². The smallest absolute Gasteiger partial charge is 0.416 e. The van der Waals surface area contributed by atoms with Crippen molar-refractivity contribution >= 4 is 74.5 Å². The number of phenolic OH excluding ortho intramolecular Hbond substituents is 1. The molecule has 2 saturated heterocycles. The number of alkyl halides is 9. The van der Waals surface area contributed by atoms with E-state index in [1.165, 1.54) is 37.5 Å². The number of amides is 4. The minimum absolute atomic E-state index is 0.112. The SMILES string of the molecule is COc1cc(C=CC2C3=CCC4C(=O)N(c5cc(C(F)(F)F)cc(C(F)(F)F)c5)C(=O)C4C3CC3(Cl)C(=O)N(CBr)C(=O)C23Cl)ccc1O. The van der Waals surface area contributed by atoms with Crippen LogP contribution in [-0.2, 0) is 31.5 Å². The third kappa shape index (κ3) is 5.25. The number of benzene rings is 2. The lowest BCUT2D eigenvalue weighted by Crippen LogP contribution is -2.60. The summed E-state index contributed by atoms with van der Waals surface area (Å²) in [5.41, 5.74) is -3.81. The molecule has 49 heavy (non-hydrogen) atoms. The Morgan fingerprint density at radius 1 is 0.959 bits per heavy atom. The van der Waals surface area contributed by atoms with Crippen molar-refractivity contribution in [2.24, 2.45) is 23.7 Å². The number of hydrogen-bond donors (Lipinski definition) is 1. The molecule has 6 rings (SSSR count). The average Bonchev–Trinajstić information content (AvgIpc) is 3.37. The second-order valence-electron chi connectivity index (χ2n) is 12.1. The largest absolute Gasteiger partial charge is 0.504 e. The molecule has 2 aromatic rings. The van der Waals surface area contributed by atoms with Gasteiger partial charge in [0.05, 0.1) is 41.2 Å². The first kappa shape index (κ1) is 35.3. The summed E-state index contributed by atoms with van der Waals surface area (Å²) in [6.07, 6.45) is -6.54. The van der Waals surface area contributed by atoms with Crippen LogP contribution < -0.4 is 9.64 Å². The summed E-state index contributed by atoms with van der Waals surface area (Å²) in [5.74, 6) is -8.73. The average molecular weight is 796 g/mol. The molecule has 1 saturated carbocycles. The third-order valence-corrected chi connectivity index (χ3v) is 11.5. The van der Waals surface area contributed by atoms with Crippen LogP contribution >= 0.6 is 39.1 Å². The molecule has 6 unspecified atom stereocenters. The Balaban J connectivity index is 1.47. The van der Waals surface area contributed by atoms with E-state index in [0.29, 0.717) is 28.2 Å². The molecule has 0 aromatic heterocycles. The van der Waals surface area contributed by atoms with E-state index in [1.54, 1.807) is 6.08 Å². The van der Waals surface area contributed by atoms with Gasteiger partial charge in [-0.25, -0.2) is 4.90 Å². The summed E-state index contributed by atoms with van der Waals surface area (Å²) in [4.78, 5) is 52.1. The molecule has 1 N–H and O–H groups in total. The predicted molar refractivity (Wildman–Crippen MR) is 167 cm³/mol. The lowest BCUT2D eigenvalue weighted by molar-refractivity contribution is -0.143. The Kier molecular flexibility index (Phi) is 8.47. The molecule has 2 aliphatic carbocycles. The van der Waals surface area contributed by atoms with Gasteiger partial charge in [0.25, 0.3) is 11.8 Å². The number of likely N-dealkylation sites (tertiary alicyclic amines) is 1. The summed E-state index contributed by atoms with van der Waals surface area (Å²) in [6, 6.07) is 4.83. The Morgan fingerprint density at radius 3 is 2.16 bits per heavy atom. The van der Waals surface area contributed by atoms with Crippen LogP contribution in [0.15, 0.2) is 54.1 Å². The highest BCUT2D eigenvalue weighted by Gasteiger charge is 2.75. The molecule has 0 bridgehead atoms. The van der Waals surface area contributed by atoms with Crippen molar-refractivity contribution in [3.8, 4) is 11.5 Å². The van der Waals surface area contributed by atoms with Gasteiger partial charge in [0.1, 0.15) is 0 Å². The van der Waals surface area contributed by atoms with Crippen molar-refractivity contribution in [3.63, 3.8) is 0 Å². The number of ether oxygens (including phenoxy) is 1. The van der Waals surface area contributed by atoms with Crippen molar-refractivity contribution in [2.75, 3.05) is 17.5 Å². The highest BCUT2D eigenvalue weighted by molar-refractivity contribution is 9.09. The van der Waals surface area contributed by atoms with Crippen LogP contribution in [0.4, 0.5) is 32.0 Å². The summed E-state index contributed by atoms with van der Waals surface area (Å²) >= 11 is 17.3. The van der Waals surface area contributed by atoms with E-state index in [2.05, 4.69) is 15.9 Å². The van der Waals surface area contributed by atoms with Gasteiger partial charge in [0.2, 0.25) is 11.8 Å². The summed E-state index contributed by atoms with van der Waals surface area (Å²) in [7, 11) is 1.33. The number of phenols is 1. The minimum atomic E-state index is -5.24. The molecule has 4 amide bonds. The quantitative estimate of drug-likeness (QED) is 0.116. The number of nitrogens with zero attached hydrogens (tertiary/aromatic N) is 2. The molecule has 260 valence electrons. The van der Waals surface area contributed by atoms with E-state index >= 15 is 0 Å². The Hall–Kier alpha value is -3.56. The molecule has 6 atom stereocenters. The maximum Gasteiger partial charge on any atom is 0.416 e. The molecule has 8 nitrogen and oxygen atoms in total. The van der Waals surface area contributed by atoms with E-state index < -0.39 is 92.6 Å². The first-order chi connectivity index (χ1) is 22.8. The Morgan fingerprint density at radius 2 is 1.59 bits per heavy atom. The number of carbonyl (C=O) groups excluding carboxylic acids is 4. The molecule has 3 fully saturated rings. The maximum absolute atomic E-state index is 14.1. The Labute approximate surface area is 292 Å². The van der Waals surface area contributed by atoms with Gasteiger partial charge in [-0.1, -0.05) is 45.8 Å². The monoisotopic (exact) mass is 794 g/mol. The number of carbonyl (C=O) groups is 4. The molecule has 2 heterocycles. The Bertz CT molecular complexity index is 1840. The zero-order chi connectivity index (χ0) is 36.0. The minimum Gasteiger partial charge on any atom is -0.504 e. The van der Waals surface area contributed by atoms with Gasteiger partial charge in [-0.05, 0) is 54.7 Å². The maximum atomic E-state index is 14.1. The molecule has 4 aliphatic rings. The summed E-state index contributed by atoms with van der Waals surface area (Å²) in [6.45, 7) is 0. The number of fused-ring (bicyclic) bond motifs is 4. The third-order valence-electron chi connectivity index (χ3n) is 9.59. The van der Waals surface area contributed by atoms with Crippen molar-refractivity contribution in [1.29, 1.82) is 0 Å². The van der Waals surface area contributed by atoms with Gasteiger partial charge in [0.15, 0.2) is 21.2 Å². The zero-order valence-electron chi connectivity index (χ0n) is 24.9. The zero-order valence-corrected chi connectivity index (χ0v) is 28.0. The highest BCUT2D eigenvalue weighted by Crippen LogP contribution is 2.63. The summed E-state index contributed by atoms with van der Waals surface area (Å²) in [5, 5.41) is 10.0. The van der Waals surface area contributed by atoms with Crippen LogP contribution in [0.2, 0.25) is 0 Å². The molecule has 0 radical (unpaired) electrons. The lowest BCUT2D eigenvalue weighted by Gasteiger charge is -2.49. The van der Waals surface area contributed by atoms with Crippen LogP contribution in [-0.4, -0.2) is 55.9 Å². The number of methoxy groups -OCH3 is 1. The topological polar surface area (TPSA) is 104 Å².